The summed E-state index contributed by atoms with van der Waals surface area (Å²) in [5.41, 5.74) is 6.18. The Morgan fingerprint density at radius 3 is 2.31 bits per heavy atom. The van der Waals surface area contributed by atoms with E-state index >= 15 is 0 Å². The molecule has 1 aliphatic heterocycles. The van der Waals surface area contributed by atoms with E-state index < -0.39 is 0 Å². The second-order valence-corrected chi connectivity index (χ2v) is 4.17. The van der Waals surface area contributed by atoms with E-state index in [-0.39, 0.29) is 0 Å². The Labute approximate surface area is 82.5 Å². The second-order valence-electron chi connectivity index (χ2n) is 4.17. The van der Waals surface area contributed by atoms with Crippen molar-refractivity contribution in [3.8, 4) is 0 Å². The van der Waals surface area contributed by atoms with Gasteiger partial charge in [-0.3, -0.25) is 4.90 Å². The van der Waals surface area contributed by atoms with Gasteiger partial charge in [-0.15, -0.1) is 0 Å². The van der Waals surface area contributed by atoms with Gasteiger partial charge in [-0.05, 0) is 38.8 Å². The third-order valence-corrected chi connectivity index (χ3v) is 3.14. The largest absolute Gasteiger partial charge is 0.326 e. The van der Waals surface area contributed by atoms with Crippen molar-refractivity contribution in [3.05, 3.63) is 0 Å². The van der Waals surface area contributed by atoms with Crippen LogP contribution in [0.15, 0.2) is 0 Å². The molecule has 2 atom stereocenters. The Bertz CT molecular complexity index is 130. The van der Waals surface area contributed by atoms with Crippen LogP contribution in [0, 0.1) is 0 Å². The fourth-order valence-corrected chi connectivity index (χ4v) is 2.43. The number of hydrogen-bond donors (Lipinski definition) is 1. The normalized spacial score (nSPS) is 23.3. The van der Waals surface area contributed by atoms with E-state index in [9.17, 15) is 0 Å². The molecule has 0 saturated carbocycles. The summed E-state index contributed by atoms with van der Waals surface area (Å²) >= 11 is 0. The van der Waals surface area contributed by atoms with Crippen molar-refractivity contribution in [2.45, 2.75) is 58.0 Å². The van der Waals surface area contributed by atoms with Crippen LogP contribution in [0.5, 0.6) is 0 Å². The second kappa shape index (κ2) is 5.61. The molecule has 0 radical (unpaired) electrons. The molecule has 2 unspecified atom stereocenters. The van der Waals surface area contributed by atoms with Crippen LogP contribution in [-0.4, -0.2) is 30.1 Å². The Hall–Kier alpha value is -0.0800. The Kier molecular flexibility index (Phi) is 4.74. The SMILES string of the molecule is CCCC(N)C(CC)N1CCCC1. The zero-order valence-electron chi connectivity index (χ0n) is 9.13. The summed E-state index contributed by atoms with van der Waals surface area (Å²) in [7, 11) is 0. The summed E-state index contributed by atoms with van der Waals surface area (Å²) in [5.74, 6) is 0. The van der Waals surface area contributed by atoms with Gasteiger partial charge in [0.05, 0.1) is 0 Å². The number of nitrogens with zero attached hydrogens (tertiary/aromatic N) is 1. The fourth-order valence-electron chi connectivity index (χ4n) is 2.43. The maximum atomic E-state index is 6.18. The van der Waals surface area contributed by atoms with E-state index in [2.05, 4.69) is 18.7 Å². The molecule has 13 heavy (non-hydrogen) atoms. The Balaban J connectivity index is 2.39. The van der Waals surface area contributed by atoms with E-state index in [1.54, 1.807) is 0 Å². The third kappa shape index (κ3) is 2.96. The maximum Gasteiger partial charge on any atom is 0.0244 e. The molecule has 0 aromatic heterocycles. The minimum atomic E-state index is 0.396. The Morgan fingerprint density at radius 2 is 1.85 bits per heavy atom. The molecule has 0 aromatic rings. The quantitative estimate of drug-likeness (QED) is 0.708. The molecule has 78 valence electrons. The molecule has 0 bridgehead atoms. The van der Waals surface area contributed by atoms with Crippen LogP contribution in [0.25, 0.3) is 0 Å². The maximum absolute atomic E-state index is 6.18. The summed E-state index contributed by atoms with van der Waals surface area (Å²) in [6.45, 7) is 7.03. The van der Waals surface area contributed by atoms with E-state index in [1.807, 2.05) is 0 Å². The lowest BCUT2D eigenvalue weighted by atomic mass is 10.0. The molecule has 1 aliphatic rings. The number of rotatable bonds is 5. The van der Waals surface area contributed by atoms with Crippen molar-refractivity contribution < 1.29 is 0 Å². The van der Waals surface area contributed by atoms with Gasteiger partial charge >= 0.3 is 0 Å². The predicted octanol–water partition coefficient (Wildman–Crippen LogP) is 1.99. The van der Waals surface area contributed by atoms with Crippen LogP contribution in [0.1, 0.15) is 46.0 Å². The average molecular weight is 184 g/mol. The minimum Gasteiger partial charge on any atom is -0.326 e. The van der Waals surface area contributed by atoms with Gasteiger partial charge in [-0.2, -0.15) is 0 Å². The van der Waals surface area contributed by atoms with Crippen molar-refractivity contribution in [1.29, 1.82) is 0 Å². The number of likely N-dealkylation sites (tertiary alicyclic amines) is 1. The van der Waals surface area contributed by atoms with E-state index in [1.165, 1.54) is 45.2 Å². The lowest BCUT2D eigenvalue weighted by molar-refractivity contribution is 0.198. The van der Waals surface area contributed by atoms with Crippen LogP contribution < -0.4 is 5.73 Å². The zero-order valence-corrected chi connectivity index (χ0v) is 9.13. The summed E-state index contributed by atoms with van der Waals surface area (Å²) in [4.78, 5) is 2.58. The molecule has 1 saturated heterocycles. The van der Waals surface area contributed by atoms with Crippen molar-refractivity contribution in [2.75, 3.05) is 13.1 Å². The first-order chi connectivity index (χ1) is 6.29. The van der Waals surface area contributed by atoms with Gasteiger partial charge in [0, 0.05) is 12.1 Å². The average Bonchev–Trinajstić information content (AvgIpc) is 2.59. The monoisotopic (exact) mass is 184 g/mol. The predicted molar refractivity (Wildman–Crippen MR) is 57.8 cm³/mol. The van der Waals surface area contributed by atoms with Gasteiger partial charge in [0.2, 0.25) is 0 Å². The van der Waals surface area contributed by atoms with Gasteiger partial charge in [-0.1, -0.05) is 20.3 Å². The molecule has 1 heterocycles. The van der Waals surface area contributed by atoms with Crippen LogP contribution >= 0.6 is 0 Å². The van der Waals surface area contributed by atoms with Crippen molar-refractivity contribution in [1.82, 2.24) is 4.90 Å². The van der Waals surface area contributed by atoms with Gasteiger partial charge in [0.15, 0.2) is 0 Å². The summed E-state index contributed by atoms with van der Waals surface area (Å²) in [6, 6.07) is 1.04. The highest BCUT2D eigenvalue weighted by Crippen LogP contribution is 2.17. The topological polar surface area (TPSA) is 29.3 Å². The third-order valence-electron chi connectivity index (χ3n) is 3.14. The van der Waals surface area contributed by atoms with Crippen molar-refractivity contribution >= 4 is 0 Å². The van der Waals surface area contributed by atoms with Crippen LogP contribution in [0.4, 0.5) is 0 Å². The van der Waals surface area contributed by atoms with E-state index in [0.29, 0.717) is 12.1 Å². The highest BCUT2D eigenvalue weighted by Gasteiger charge is 2.24. The molecule has 2 nitrogen and oxygen atoms in total. The molecule has 0 spiro atoms. The van der Waals surface area contributed by atoms with E-state index in [0.717, 1.165) is 0 Å². The fraction of sp³-hybridized carbons (Fsp3) is 1.00. The summed E-state index contributed by atoms with van der Waals surface area (Å²) in [5, 5.41) is 0. The first kappa shape index (κ1) is 11.0. The molecule has 0 aliphatic carbocycles. The first-order valence-electron chi connectivity index (χ1n) is 5.79. The molecular weight excluding hydrogens is 160 g/mol. The molecular formula is C11H24N2. The van der Waals surface area contributed by atoms with E-state index in [4.69, 9.17) is 5.73 Å². The summed E-state index contributed by atoms with van der Waals surface area (Å²) in [6.07, 6.45) is 6.34. The Morgan fingerprint density at radius 1 is 1.23 bits per heavy atom. The molecule has 1 rings (SSSR count). The molecule has 0 amide bonds. The van der Waals surface area contributed by atoms with Crippen LogP contribution in [0.2, 0.25) is 0 Å². The first-order valence-corrected chi connectivity index (χ1v) is 5.79. The number of nitrogens with two attached hydrogens (primary N) is 1. The van der Waals surface area contributed by atoms with Gasteiger partial charge in [0.1, 0.15) is 0 Å². The zero-order chi connectivity index (χ0) is 9.68. The van der Waals surface area contributed by atoms with Gasteiger partial charge in [-0.25, -0.2) is 0 Å². The van der Waals surface area contributed by atoms with Crippen molar-refractivity contribution in [3.63, 3.8) is 0 Å². The number of hydrogen-bond acceptors (Lipinski definition) is 2. The minimum absolute atomic E-state index is 0.396. The summed E-state index contributed by atoms with van der Waals surface area (Å²) < 4.78 is 0. The highest BCUT2D eigenvalue weighted by molar-refractivity contribution is 4.83. The molecule has 1 fully saturated rings. The van der Waals surface area contributed by atoms with Crippen LogP contribution in [0.3, 0.4) is 0 Å². The van der Waals surface area contributed by atoms with Gasteiger partial charge in [0.25, 0.3) is 0 Å². The molecule has 2 heteroatoms. The van der Waals surface area contributed by atoms with Crippen LogP contribution in [-0.2, 0) is 0 Å². The lowest BCUT2D eigenvalue weighted by Gasteiger charge is -2.31. The van der Waals surface area contributed by atoms with Gasteiger partial charge < -0.3 is 5.73 Å². The standard InChI is InChI=1S/C11H24N2/c1-3-7-10(12)11(4-2)13-8-5-6-9-13/h10-11H,3-9,12H2,1-2H3. The molecule has 0 aromatic carbocycles. The molecule has 2 N–H and O–H groups in total. The highest BCUT2D eigenvalue weighted by atomic mass is 15.2. The lowest BCUT2D eigenvalue weighted by Crippen LogP contribution is -2.46. The van der Waals surface area contributed by atoms with Crippen molar-refractivity contribution in [2.24, 2.45) is 5.73 Å². The smallest absolute Gasteiger partial charge is 0.0244 e.